The van der Waals surface area contributed by atoms with Gasteiger partial charge < -0.3 is 24.4 Å². The molecule has 4 rings (SSSR count). The van der Waals surface area contributed by atoms with E-state index in [9.17, 15) is 14.3 Å². The molecule has 2 aromatic carbocycles. The smallest absolute Gasteiger partial charge is 0.163 e. The lowest BCUT2D eigenvalue weighted by Gasteiger charge is -2.26. The fraction of sp³-hybridized carbons (Fsp3) is 0.310. The Kier molecular flexibility index (Phi) is 8.76. The van der Waals surface area contributed by atoms with Crippen LogP contribution in [0.1, 0.15) is 40.2 Å². The molecule has 0 aliphatic heterocycles. The number of methoxy groups -OCH3 is 2. The van der Waals surface area contributed by atoms with Gasteiger partial charge in [-0.3, -0.25) is 9.48 Å². The fourth-order valence-electron chi connectivity index (χ4n) is 4.32. The van der Waals surface area contributed by atoms with Crippen molar-refractivity contribution in [2.75, 3.05) is 27.4 Å². The SMILES string of the molecule is COc1cc(C(=O)CCC(O)(c2cn(C)nn2)c2ccc(OC)c(-c3ccc(F)c(C)c3)n2)ccc1OCCO. The first-order chi connectivity index (χ1) is 19.2. The number of hydrogen-bond acceptors (Lipinski definition) is 9. The number of rotatable bonds is 12. The lowest BCUT2D eigenvalue weighted by molar-refractivity contribution is 0.0560. The van der Waals surface area contributed by atoms with E-state index >= 15 is 0 Å². The van der Waals surface area contributed by atoms with Crippen molar-refractivity contribution in [2.45, 2.75) is 25.4 Å². The maximum atomic E-state index is 14.0. The van der Waals surface area contributed by atoms with Gasteiger partial charge in [-0.25, -0.2) is 9.37 Å². The minimum absolute atomic E-state index is 0.0587. The number of halogens is 1. The first-order valence-corrected chi connectivity index (χ1v) is 12.6. The van der Waals surface area contributed by atoms with E-state index in [2.05, 4.69) is 10.3 Å². The molecule has 2 aromatic heterocycles. The Bertz CT molecular complexity index is 1510. The van der Waals surface area contributed by atoms with Crippen LogP contribution >= 0.6 is 0 Å². The van der Waals surface area contributed by atoms with E-state index in [1.54, 1.807) is 62.6 Å². The number of aromatic nitrogens is 4. The molecule has 0 saturated heterocycles. The molecule has 0 aliphatic carbocycles. The highest BCUT2D eigenvalue weighted by molar-refractivity contribution is 5.96. The molecule has 1 unspecified atom stereocenters. The largest absolute Gasteiger partial charge is 0.494 e. The third kappa shape index (κ3) is 5.95. The zero-order valence-corrected chi connectivity index (χ0v) is 22.7. The van der Waals surface area contributed by atoms with Crippen LogP contribution in [0, 0.1) is 12.7 Å². The lowest BCUT2D eigenvalue weighted by atomic mass is 9.87. The molecule has 2 N–H and O–H groups in total. The second-order valence-electron chi connectivity index (χ2n) is 9.21. The van der Waals surface area contributed by atoms with Crippen molar-refractivity contribution in [1.82, 2.24) is 20.0 Å². The van der Waals surface area contributed by atoms with Gasteiger partial charge in [0.15, 0.2) is 22.9 Å². The number of carbonyl (C=O) groups is 1. The molecule has 1 atom stereocenters. The van der Waals surface area contributed by atoms with Crippen LogP contribution in [0.5, 0.6) is 17.2 Å². The molecule has 0 saturated carbocycles. The predicted octanol–water partition coefficient (Wildman–Crippen LogP) is 3.61. The molecule has 2 heterocycles. The summed E-state index contributed by atoms with van der Waals surface area (Å²) in [5.41, 5.74) is 0.458. The number of aryl methyl sites for hydroxylation is 2. The summed E-state index contributed by atoms with van der Waals surface area (Å²) < 4.78 is 31.7. The van der Waals surface area contributed by atoms with Crippen molar-refractivity contribution in [1.29, 1.82) is 0 Å². The third-order valence-corrected chi connectivity index (χ3v) is 6.51. The first kappa shape index (κ1) is 28.7. The number of ether oxygens (including phenoxy) is 3. The normalized spacial score (nSPS) is 12.6. The summed E-state index contributed by atoms with van der Waals surface area (Å²) in [5.74, 6) is 0.577. The van der Waals surface area contributed by atoms with Crippen LogP contribution in [-0.4, -0.2) is 63.4 Å². The number of hydrogen-bond donors (Lipinski definition) is 2. The third-order valence-electron chi connectivity index (χ3n) is 6.51. The standard InChI is InChI=1S/C29H31FN4O6/c1-18-15-20(5-7-21(18)30)28-24(38-3)9-10-26(31-28)29(37,27-17-34(2)33-32-27)12-11-22(36)19-6-8-23(40-14-13-35)25(16-19)39-4/h5-10,15-17,35,37H,11-14H2,1-4H3. The van der Waals surface area contributed by atoms with Gasteiger partial charge in [-0.2, -0.15) is 0 Å². The van der Waals surface area contributed by atoms with E-state index in [1.807, 2.05) is 0 Å². The number of benzene rings is 2. The molecule has 0 amide bonds. The number of ketones is 1. The Morgan fingerprint density at radius 1 is 1.02 bits per heavy atom. The van der Waals surface area contributed by atoms with Gasteiger partial charge in [-0.1, -0.05) is 5.21 Å². The number of Topliss-reactive ketones (excluding diaryl/α,β-unsaturated/α-hetero) is 1. The van der Waals surface area contributed by atoms with Crippen molar-refractivity contribution >= 4 is 5.78 Å². The second-order valence-corrected chi connectivity index (χ2v) is 9.21. The lowest BCUT2D eigenvalue weighted by Crippen LogP contribution is -2.30. The topological polar surface area (TPSA) is 129 Å². The first-order valence-electron chi connectivity index (χ1n) is 12.6. The predicted molar refractivity (Wildman–Crippen MR) is 144 cm³/mol. The minimum atomic E-state index is -1.78. The van der Waals surface area contributed by atoms with Crippen LogP contribution in [0.15, 0.2) is 54.7 Å². The highest BCUT2D eigenvalue weighted by atomic mass is 19.1. The maximum Gasteiger partial charge on any atom is 0.163 e. The molecular formula is C29H31FN4O6. The number of nitrogens with zero attached hydrogens (tertiary/aromatic N) is 4. The quantitative estimate of drug-likeness (QED) is 0.254. The van der Waals surface area contributed by atoms with E-state index in [-0.39, 0.29) is 49.0 Å². The maximum absolute atomic E-state index is 14.0. The van der Waals surface area contributed by atoms with E-state index in [0.717, 1.165) is 0 Å². The molecule has 210 valence electrons. The van der Waals surface area contributed by atoms with Crippen LogP contribution in [0.2, 0.25) is 0 Å². The average molecular weight is 551 g/mol. The number of aliphatic hydroxyl groups excluding tert-OH is 1. The zero-order chi connectivity index (χ0) is 28.9. The monoisotopic (exact) mass is 550 g/mol. The molecule has 0 aliphatic rings. The van der Waals surface area contributed by atoms with Gasteiger partial charge in [0.05, 0.1) is 32.7 Å². The molecule has 0 radical (unpaired) electrons. The summed E-state index contributed by atoms with van der Waals surface area (Å²) in [7, 11) is 4.62. The second kappa shape index (κ2) is 12.2. The highest BCUT2D eigenvalue weighted by Crippen LogP contribution is 2.37. The summed E-state index contributed by atoms with van der Waals surface area (Å²) in [4.78, 5) is 18.0. The van der Waals surface area contributed by atoms with Crippen molar-refractivity contribution in [2.24, 2.45) is 7.05 Å². The number of aliphatic hydroxyl groups is 2. The van der Waals surface area contributed by atoms with Gasteiger partial charge in [-0.15, -0.1) is 5.10 Å². The van der Waals surface area contributed by atoms with E-state index in [0.29, 0.717) is 39.6 Å². The van der Waals surface area contributed by atoms with Crippen molar-refractivity contribution in [3.8, 4) is 28.5 Å². The van der Waals surface area contributed by atoms with Crippen LogP contribution in [0.25, 0.3) is 11.3 Å². The summed E-state index contributed by atoms with van der Waals surface area (Å²) >= 11 is 0. The van der Waals surface area contributed by atoms with Gasteiger partial charge in [0.1, 0.15) is 29.6 Å². The van der Waals surface area contributed by atoms with E-state index < -0.39 is 5.60 Å². The molecule has 10 nitrogen and oxygen atoms in total. The van der Waals surface area contributed by atoms with E-state index in [1.165, 1.54) is 25.0 Å². The van der Waals surface area contributed by atoms with Crippen LogP contribution in [0.4, 0.5) is 4.39 Å². The number of carbonyl (C=O) groups excluding carboxylic acids is 1. The molecule has 0 bridgehead atoms. The fourth-order valence-corrected chi connectivity index (χ4v) is 4.32. The van der Waals surface area contributed by atoms with Gasteiger partial charge in [0.2, 0.25) is 0 Å². The Balaban J connectivity index is 1.69. The molecule has 0 fully saturated rings. The van der Waals surface area contributed by atoms with Crippen molar-refractivity contribution in [3.05, 3.63) is 83.1 Å². The highest BCUT2D eigenvalue weighted by Gasteiger charge is 2.37. The van der Waals surface area contributed by atoms with Gasteiger partial charge in [0, 0.05) is 24.6 Å². The minimum Gasteiger partial charge on any atom is -0.494 e. The summed E-state index contributed by atoms with van der Waals surface area (Å²) in [6, 6.07) is 12.6. The molecule has 4 aromatic rings. The Hall–Kier alpha value is -4.35. The Labute approximate surface area is 231 Å². The summed E-state index contributed by atoms with van der Waals surface area (Å²) in [6.07, 6.45) is 1.44. The van der Waals surface area contributed by atoms with Gasteiger partial charge >= 0.3 is 0 Å². The van der Waals surface area contributed by atoms with Crippen LogP contribution in [-0.2, 0) is 12.6 Å². The summed E-state index contributed by atoms with van der Waals surface area (Å²) in [6.45, 7) is 1.58. The van der Waals surface area contributed by atoms with Gasteiger partial charge in [0.25, 0.3) is 0 Å². The summed E-state index contributed by atoms with van der Waals surface area (Å²) in [5, 5.41) is 29.2. The Morgan fingerprint density at radius 2 is 1.77 bits per heavy atom. The van der Waals surface area contributed by atoms with Gasteiger partial charge in [-0.05, 0) is 67.4 Å². The van der Waals surface area contributed by atoms with Crippen molar-refractivity contribution < 1.29 is 33.6 Å². The molecule has 40 heavy (non-hydrogen) atoms. The zero-order valence-electron chi connectivity index (χ0n) is 22.7. The molecule has 0 spiro atoms. The number of pyridine rings is 1. The van der Waals surface area contributed by atoms with Crippen LogP contribution < -0.4 is 14.2 Å². The average Bonchev–Trinajstić information content (AvgIpc) is 3.42. The molecular weight excluding hydrogens is 519 g/mol. The van der Waals surface area contributed by atoms with Crippen molar-refractivity contribution in [3.63, 3.8) is 0 Å². The Morgan fingerprint density at radius 3 is 2.42 bits per heavy atom. The van der Waals surface area contributed by atoms with Crippen LogP contribution in [0.3, 0.4) is 0 Å². The molecule has 11 heteroatoms. The van der Waals surface area contributed by atoms with E-state index in [4.69, 9.17) is 24.3 Å².